The maximum absolute atomic E-state index is 13.1. The van der Waals surface area contributed by atoms with Gasteiger partial charge in [-0.2, -0.15) is 0 Å². The zero-order chi connectivity index (χ0) is 13.4. The van der Waals surface area contributed by atoms with E-state index in [2.05, 4.69) is 10.3 Å². The molecule has 0 amide bonds. The van der Waals surface area contributed by atoms with Crippen LogP contribution in [0.2, 0.25) is 0 Å². The lowest BCUT2D eigenvalue weighted by Crippen LogP contribution is -2.04. The summed E-state index contributed by atoms with van der Waals surface area (Å²) >= 11 is 1.56. The Bertz CT molecular complexity index is 733. The average molecular weight is 279 g/mol. The molecule has 0 saturated heterocycles. The first-order chi connectivity index (χ1) is 9.15. The lowest BCUT2D eigenvalue weighted by molar-refractivity contribution is 0.509. The predicted octanol–water partition coefficient (Wildman–Crippen LogP) is 3.59. The molecule has 0 aliphatic heterocycles. The average Bonchev–Trinajstić information content (AvgIpc) is 2.92. The maximum atomic E-state index is 13.1. The lowest BCUT2D eigenvalue weighted by Gasteiger charge is -2.07. The van der Waals surface area contributed by atoms with E-state index in [0.717, 1.165) is 28.5 Å². The molecule has 2 aromatic heterocycles. The van der Waals surface area contributed by atoms with Gasteiger partial charge in [-0.15, -0.1) is 11.3 Å². The second-order valence-electron chi connectivity index (χ2n) is 4.18. The summed E-state index contributed by atoms with van der Waals surface area (Å²) in [4.78, 5) is 5.35. The molecule has 0 atom stereocenters. The topological polar surface area (TPSA) is 29.3 Å². The Labute approximate surface area is 112 Å². The number of nitrogens with one attached hydrogen (secondary N) is 1. The van der Waals surface area contributed by atoms with E-state index in [1.807, 2.05) is 22.9 Å². The van der Waals surface area contributed by atoms with Gasteiger partial charge in [-0.3, -0.25) is 4.40 Å². The quantitative estimate of drug-likeness (QED) is 0.794. The fourth-order valence-electron chi connectivity index (χ4n) is 1.95. The number of rotatable bonds is 3. The molecule has 0 aliphatic rings. The maximum Gasteiger partial charge on any atom is 0.194 e. The molecule has 0 saturated carbocycles. The third kappa shape index (κ3) is 2.19. The number of hydrogen-bond donors (Lipinski definition) is 1. The van der Waals surface area contributed by atoms with Crippen molar-refractivity contribution in [1.82, 2.24) is 9.38 Å². The van der Waals surface area contributed by atoms with Crippen molar-refractivity contribution in [3.05, 3.63) is 52.8 Å². The second-order valence-corrected chi connectivity index (χ2v) is 5.05. The monoisotopic (exact) mass is 279 g/mol. The predicted molar refractivity (Wildman–Crippen MR) is 71.5 cm³/mol. The van der Waals surface area contributed by atoms with E-state index in [1.165, 1.54) is 6.07 Å². The minimum Gasteiger partial charge on any atom is -0.379 e. The molecular formula is C13H11F2N3S. The van der Waals surface area contributed by atoms with Crippen LogP contribution in [-0.4, -0.2) is 9.38 Å². The highest BCUT2D eigenvalue weighted by Gasteiger charge is 2.09. The van der Waals surface area contributed by atoms with Crippen LogP contribution < -0.4 is 5.32 Å². The highest BCUT2D eigenvalue weighted by atomic mass is 32.1. The fourth-order valence-corrected chi connectivity index (χ4v) is 2.72. The SMILES string of the molecule is Cc1nc2sccn2c1CNc1ccc(F)c(F)c1. The molecule has 1 N–H and O–H groups in total. The van der Waals surface area contributed by atoms with Crippen LogP contribution in [0, 0.1) is 18.6 Å². The Morgan fingerprint density at radius 2 is 2.16 bits per heavy atom. The summed E-state index contributed by atoms with van der Waals surface area (Å²) in [6, 6.07) is 3.78. The zero-order valence-electron chi connectivity index (χ0n) is 10.2. The van der Waals surface area contributed by atoms with E-state index < -0.39 is 11.6 Å². The molecule has 0 radical (unpaired) electrons. The molecule has 0 aliphatic carbocycles. The summed E-state index contributed by atoms with van der Waals surface area (Å²) in [5.74, 6) is -1.69. The number of fused-ring (bicyclic) bond motifs is 1. The number of aromatic nitrogens is 2. The molecule has 3 rings (SSSR count). The normalized spacial score (nSPS) is 11.1. The molecule has 19 heavy (non-hydrogen) atoms. The molecular weight excluding hydrogens is 268 g/mol. The summed E-state index contributed by atoms with van der Waals surface area (Å²) < 4.78 is 27.9. The Hall–Kier alpha value is -1.95. The summed E-state index contributed by atoms with van der Waals surface area (Å²) in [7, 11) is 0. The van der Waals surface area contributed by atoms with E-state index >= 15 is 0 Å². The summed E-state index contributed by atoms with van der Waals surface area (Å²) in [6.45, 7) is 2.44. The van der Waals surface area contributed by atoms with Gasteiger partial charge < -0.3 is 5.32 Å². The van der Waals surface area contributed by atoms with Gasteiger partial charge >= 0.3 is 0 Å². The van der Waals surface area contributed by atoms with Gasteiger partial charge in [0.2, 0.25) is 0 Å². The van der Waals surface area contributed by atoms with Gasteiger partial charge in [0, 0.05) is 23.3 Å². The largest absolute Gasteiger partial charge is 0.379 e. The molecule has 3 aromatic rings. The highest BCUT2D eigenvalue weighted by Crippen LogP contribution is 2.19. The summed E-state index contributed by atoms with van der Waals surface area (Å²) in [5, 5.41) is 5.04. The highest BCUT2D eigenvalue weighted by molar-refractivity contribution is 7.15. The third-order valence-electron chi connectivity index (χ3n) is 2.94. The van der Waals surface area contributed by atoms with Gasteiger partial charge in [0.05, 0.1) is 17.9 Å². The van der Waals surface area contributed by atoms with Gasteiger partial charge in [-0.1, -0.05) is 0 Å². The number of hydrogen-bond acceptors (Lipinski definition) is 3. The summed E-state index contributed by atoms with van der Waals surface area (Å²) in [6.07, 6.45) is 1.95. The van der Waals surface area contributed by atoms with Crippen molar-refractivity contribution in [1.29, 1.82) is 0 Å². The van der Waals surface area contributed by atoms with Crippen molar-refractivity contribution < 1.29 is 8.78 Å². The Balaban J connectivity index is 1.83. The van der Waals surface area contributed by atoms with Crippen LogP contribution in [0.3, 0.4) is 0 Å². The van der Waals surface area contributed by atoms with Crippen LogP contribution in [0.25, 0.3) is 4.96 Å². The second kappa shape index (κ2) is 4.62. The fraction of sp³-hybridized carbons (Fsp3) is 0.154. The third-order valence-corrected chi connectivity index (χ3v) is 3.70. The molecule has 2 heterocycles. The minimum atomic E-state index is -0.851. The molecule has 0 unspecified atom stereocenters. The first-order valence-electron chi connectivity index (χ1n) is 5.75. The Morgan fingerprint density at radius 3 is 2.95 bits per heavy atom. The number of aryl methyl sites for hydroxylation is 1. The first kappa shape index (κ1) is 12.1. The Morgan fingerprint density at radius 1 is 1.32 bits per heavy atom. The van der Waals surface area contributed by atoms with E-state index in [1.54, 1.807) is 11.3 Å². The number of halogens is 2. The van der Waals surface area contributed by atoms with Crippen LogP contribution in [0.15, 0.2) is 29.8 Å². The molecule has 0 bridgehead atoms. The zero-order valence-corrected chi connectivity index (χ0v) is 11.0. The molecule has 6 heteroatoms. The van der Waals surface area contributed by atoms with Crippen molar-refractivity contribution in [2.45, 2.75) is 13.5 Å². The first-order valence-corrected chi connectivity index (χ1v) is 6.63. The smallest absolute Gasteiger partial charge is 0.194 e. The number of imidazole rings is 1. The number of nitrogens with zero attached hydrogens (tertiary/aromatic N) is 2. The molecule has 98 valence electrons. The van der Waals surface area contributed by atoms with E-state index in [4.69, 9.17) is 0 Å². The lowest BCUT2D eigenvalue weighted by atomic mass is 10.3. The van der Waals surface area contributed by atoms with E-state index in [9.17, 15) is 8.78 Å². The van der Waals surface area contributed by atoms with Crippen molar-refractivity contribution in [2.24, 2.45) is 0 Å². The van der Waals surface area contributed by atoms with Crippen molar-refractivity contribution in [2.75, 3.05) is 5.32 Å². The molecule has 0 fully saturated rings. The van der Waals surface area contributed by atoms with E-state index in [0.29, 0.717) is 12.2 Å². The number of anilines is 1. The Kier molecular flexibility index (Phi) is 2.94. The van der Waals surface area contributed by atoms with Crippen LogP contribution in [0.4, 0.5) is 14.5 Å². The molecule has 1 aromatic carbocycles. The van der Waals surface area contributed by atoms with Crippen LogP contribution >= 0.6 is 11.3 Å². The van der Waals surface area contributed by atoms with E-state index in [-0.39, 0.29) is 0 Å². The van der Waals surface area contributed by atoms with Gasteiger partial charge in [-0.05, 0) is 19.1 Å². The van der Waals surface area contributed by atoms with Crippen LogP contribution in [-0.2, 0) is 6.54 Å². The van der Waals surface area contributed by atoms with Gasteiger partial charge in [-0.25, -0.2) is 13.8 Å². The van der Waals surface area contributed by atoms with Crippen LogP contribution in [0.1, 0.15) is 11.4 Å². The van der Waals surface area contributed by atoms with Crippen molar-refractivity contribution in [3.63, 3.8) is 0 Å². The van der Waals surface area contributed by atoms with Crippen LogP contribution in [0.5, 0.6) is 0 Å². The van der Waals surface area contributed by atoms with Gasteiger partial charge in [0.15, 0.2) is 16.6 Å². The minimum absolute atomic E-state index is 0.509. The number of benzene rings is 1. The van der Waals surface area contributed by atoms with Gasteiger partial charge in [0.25, 0.3) is 0 Å². The molecule has 0 spiro atoms. The number of thiazole rings is 1. The van der Waals surface area contributed by atoms with Gasteiger partial charge in [0.1, 0.15) is 0 Å². The molecule has 3 nitrogen and oxygen atoms in total. The summed E-state index contributed by atoms with van der Waals surface area (Å²) in [5.41, 5.74) is 2.49. The van der Waals surface area contributed by atoms with Crippen molar-refractivity contribution >= 4 is 22.0 Å². The standard InChI is InChI=1S/C13H11F2N3S/c1-8-12(18-4-5-19-13(18)17-8)7-16-9-2-3-10(14)11(15)6-9/h2-6,16H,7H2,1H3. The van der Waals surface area contributed by atoms with Crippen molar-refractivity contribution in [3.8, 4) is 0 Å².